The van der Waals surface area contributed by atoms with Gasteiger partial charge in [0.25, 0.3) is 0 Å². The molecule has 2 aliphatic heterocycles. The molecule has 0 aromatic heterocycles. The largest absolute Gasteiger partial charge is 0.311 e. The summed E-state index contributed by atoms with van der Waals surface area (Å²) in [5.74, 6) is 0.852. The standard InChI is InChI=1S/C8H8N4/c1-2-3-12-6-9-4-7-8(12)11-5-10-7/h2,4-6H,1,3H2. The van der Waals surface area contributed by atoms with E-state index in [1.54, 1.807) is 18.6 Å². The summed E-state index contributed by atoms with van der Waals surface area (Å²) in [5, 5.41) is 0. The fourth-order valence-electron chi connectivity index (χ4n) is 1.09. The number of fused-ring (bicyclic) bond motifs is 1. The van der Waals surface area contributed by atoms with Crippen LogP contribution >= 0.6 is 0 Å². The molecule has 0 bridgehead atoms. The van der Waals surface area contributed by atoms with Crippen LogP contribution in [0, 0.1) is 0 Å². The first kappa shape index (κ1) is 6.97. The Hall–Kier alpha value is -1.71. The summed E-state index contributed by atoms with van der Waals surface area (Å²) < 4.78 is 1.90. The molecule has 2 aliphatic rings. The molecule has 0 saturated heterocycles. The van der Waals surface area contributed by atoms with E-state index in [2.05, 4.69) is 21.5 Å². The maximum atomic E-state index is 4.10. The number of imidazole rings is 1. The Morgan fingerprint density at radius 2 is 2.42 bits per heavy atom. The van der Waals surface area contributed by atoms with E-state index in [1.807, 2.05) is 4.57 Å². The van der Waals surface area contributed by atoms with Crippen molar-refractivity contribution >= 4 is 0 Å². The molecule has 0 fully saturated rings. The van der Waals surface area contributed by atoms with Gasteiger partial charge in [-0.25, -0.2) is 15.0 Å². The lowest BCUT2D eigenvalue weighted by Gasteiger charge is -2.05. The third kappa shape index (κ3) is 0.972. The van der Waals surface area contributed by atoms with Crippen LogP contribution in [0.3, 0.4) is 0 Å². The highest BCUT2D eigenvalue weighted by Gasteiger charge is 2.07. The molecule has 0 amide bonds. The molecule has 2 rings (SSSR count). The van der Waals surface area contributed by atoms with Crippen LogP contribution in [0.4, 0.5) is 0 Å². The molecule has 0 spiro atoms. The summed E-state index contributed by atoms with van der Waals surface area (Å²) in [5.41, 5.74) is 0.819. The number of aromatic nitrogens is 4. The number of nitrogens with zero attached hydrogens (tertiary/aromatic N) is 4. The van der Waals surface area contributed by atoms with Crippen molar-refractivity contribution in [2.45, 2.75) is 6.54 Å². The Labute approximate surface area is 70.0 Å². The van der Waals surface area contributed by atoms with Crippen molar-refractivity contribution in [2.24, 2.45) is 0 Å². The molecular formula is C8H8N4. The molecule has 4 nitrogen and oxygen atoms in total. The number of hydrogen-bond donors (Lipinski definition) is 0. The van der Waals surface area contributed by atoms with Crippen LogP contribution in [0.25, 0.3) is 11.5 Å². The molecule has 4 heteroatoms. The lowest BCUT2D eigenvalue weighted by Crippen LogP contribution is -2.02. The molecule has 0 N–H and O–H groups in total. The summed E-state index contributed by atoms with van der Waals surface area (Å²) in [6.45, 7) is 4.36. The molecule has 0 unspecified atom stereocenters. The molecular weight excluding hydrogens is 152 g/mol. The third-order valence-electron chi connectivity index (χ3n) is 1.61. The van der Waals surface area contributed by atoms with Crippen molar-refractivity contribution in [1.29, 1.82) is 0 Å². The van der Waals surface area contributed by atoms with Crippen LogP contribution in [0.2, 0.25) is 0 Å². The Morgan fingerprint density at radius 1 is 1.50 bits per heavy atom. The average Bonchev–Trinajstić information content (AvgIpc) is 2.53. The second-order valence-electron chi connectivity index (χ2n) is 2.42. The highest BCUT2D eigenvalue weighted by atomic mass is 15.1. The maximum absolute atomic E-state index is 4.10. The lowest BCUT2D eigenvalue weighted by atomic mass is 10.4. The van der Waals surface area contributed by atoms with Gasteiger partial charge in [0.1, 0.15) is 12.0 Å². The fourth-order valence-corrected chi connectivity index (χ4v) is 1.09. The molecule has 0 aromatic carbocycles. The van der Waals surface area contributed by atoms with Crippen molar-refractivity contribution in [3.63, 3.8) is 0 Å². The van der Waals surface area contributed by atoms with E-state index < -0.39 is 0 Å². The van der Waals surface area contributed by atoms with E-state index in [4.69, 9.17) is 0 Å². The van der Waals surface area contributed by atoms with E-state index in [9.17, 15) is 0 Å². The van der Waals surface area contributed by atoms with E-state index in [0.717, 1.165) is 11.5 Å². The van der Waals surface area contributed by atoms with Gasteiger partial charge in [-0.3, -0.25) is 0 Å². The van der Waals surface area contributed by atoms with Gasteiger partial charge in [0.2, 0.25) is 0 Å². The minimum Gasteiger partial charge on any atom is -0.311 e. The van der Waals surface area contributed by atoms with Gasteiger partial charge in [-0.2, -0.15) is 0 Å². The second kappa shape index (κ2) is 2.73. The van der Waals surface area contributed by atoms with Crippen molar-refractivity contribution in [2.75, 3.05) is 0 Å². The smallest absolute Gasteiger partial charge is 0.163 e. The van der Waals surface area contributed by atoms with Crippen LogP contribution in [-0.2, 0) is 6.54 Å². The van der Waals surface area contributed by atoms with Crippen LogP contribution in [-0.4, -0.2) is 19.5 Å². The molecule has 0 saturated carbocycles. The highest BCUT2D eigenvalue weighted by molar-refractivity contribution is 5.48. The van der Waals surface area contributed by atoms with Crippen LogP contribution in [0.15, 0.2) is 31.5 Å². The lowest BCUT2D eigenvalue weighted by molar-refractivity contribution is 0.780. The highest BCUT2D eigenvalue weighted by Crippen LogP contribution is 2.13. The molecule has 0 radical (unpaired) electrons. The Kier molecular flexibility index (Phi) is 1.59. The summed E-state index contributed by atoms with van der Waals surface area (Å²) >= 11 is 0. The van der Waals surface area contributed by atoms with Crippen molar-refractivity contribution in [1.82, 2.24) is 19.5 Å². The van der Waals surface area contributed by atoms with Gasteiger partial charge in [0.05, 0.1) is 12.5 Å². The Bertz CT molecular complexity index is 365. The van der Waals surface area contributed by atoms with E-state index in [-0.39, 0.29) is 0 Å². The minimum atomic E-state index is 0.711. The topological polar surface area (TPSA) is 43.6 Å². The zero-order chi connectivity index (χ0) is 8.39. The average molecular weight is 160 g/mol. The third-order valence-corrected chi connectivity index (χ3v) is 1.61. The van der Waals surface area contributed by atoms with Gasteiger partial charge in [-0.1, -0.05) is 6.08 Å². The maximum Gasteiger partial charge on any atom is 0.163 e. The van der Waals surface area contributed by atoms with E-state index in [0.29, 0.717) is 6.54 Å². The predicted octanol–water partition coefficient (Wildman–Crippen LogP) is 0.964. The second-order valence-corrected chi connectivity index (χ2v) is 2.42. The molecule has 0 atom stereocenters. The SMILES string of the molecule is C=CCn1cncc2ncnc1-2. The van der Waals surface area contributed by atoms with Gasteiger partial charge in [0, 0.05) is 6.54 Å². The van der Waals surface area contributed by atoms with Gasteiger partial charge in [0.15, 0.2) is 5.82 Å². The zero-order valence-corrected chi connectivity index (χ0v) is 6.51. The van der Waals surface area contributed by atoms with Crippen LogP contribution < -0.4 is 0 Å². The predicted molar refractivity (Wildman–Crippen MR) is 44.6 cm³/mol. The zero-order valence-electron chi connectivity index (χ0n) is 6.51. The minimum absolute atomic E-state index is 0.711. The first-order chi connectivity index (χ1) is 5.92. The molecule has 0 aromatic rings. The quantitative estimate of drug-likeness (QED) is 0.614. The number of rotatable bonds is 2. The molecule has 0 aliphatic carbocycles. The summed E-state index contributed by atoms with van der Waals surface area (Å²) in [4.78, 5) is 12.2. The van der Waals surface area contributed by atoms with Gasteiger partial charge < -0.3 is 4.57 Å². The Morgan fingerprint density at radius 3 is 3.25 bits per heavy atom. The van der Waals surface area contributed by atoms with Gasteiger partial charge in [-0.05, 0) is 0 Å². The van der Waals surface area contributed by atoms with Crippen molar-refractivity contribution in [3.05, 3.63) is 31.5 Å². The number of hydrogen-bond acceptors (Lipinski definition) is 3. The molecule has 60 valence electrons. The van der Waals surface area contributed by atoms with Crippen molar-refractivity contribution in [3.8, 4) is 11.5 Å². The van der Waals surface area contributed by atoms with Crippen LogP contribution in [0.1, 0.15) is 0 Å². The van der Waals surface area contributed by atoms with Gasteiger partial charge in [-0.15, -0.1) is 6.58 Å². The van der Waals surface area contributed by atoms with E-state index in [1.165, 1.54) is 6.33 Å². The Balaban J connectivity index is 2.54. The normalized spacial score (nSPS) is 10.3. The summed E-state index contributed by atoms with van der Waals surface area (Å²) in [6, 6.07) is 0. The molecule has 2 heterocycles. The summed E-state index contributed by atoms with van der Waals surface area (Å²) in [7, 11) is 0. The first-order valence-corrected chi connectivity index (χ1v) is 3.63. The van der Waals surface area contributed by atoms with E-state index >= 15 is 0 Å². The van der Waals surface area contributed by atoms with Crippen molar-refractivity contribution < 1.29 is 0 Å². The monoisotopic (exact) mass is 160 g/mol. The van der Waals surface area contributed by atoms with Gasteiger partial charge >= 0.3 is 0 Å². The first-order valence-electron chi connectivity index (χ1n) is 3.63. The number of allylic oxidation sites excluding steroid dienone is 1. The van der Waals surface area contributed by atoms with Crippen LogP contribution in [0.5, 0.6) is 0 Å². The molecule has 12 heavy (non-hydrogen) atoms. The summed E-state index contributed by atoms with van der Waals surface area (Å²) in [6.07, 6.45) is 6.75. The fraction of sp³-hybridized carbons (Fsp3) is 0.125.